The van der Waals surface area contributed by atoms with Crippen molar-refractivity contribution in [3.8, 4) is 11.5 Å². The molecule has 0 spiro atoms. The second-order valence-corrected chi connectivity index (χ2v) is 8.16. The molecule has 1 saturated heterocycles. The molecule has 1 aliphatic heterocycles. The molecular weight excluding hydrogens is 408 g/mol. The zero-order valence-electron chi connectivity index (χ0n) is 19.0. The van der Waals surface area contributed by atoms with Crippen molar-refractivity contribution in [2.24, 2.45) is 0 Å². The number of nitrogens with zero attached hydrogens (tertiary/aromatic N) is 2. The van der Waals surface area contributed by atoms with E-state index in [0.29, 0.717) is 36.4 Å². The average Bonchev–Trinajstić information content (AvgIpc) is 2.99. The number of aromatic hydroxyl groups is 1. The molecule has 3 rings (SSSR count). The Bertz CT molecular complexity index is 1040. The largest absolute Gasteiger partial charge is 0.508 e. The maximum absolute atomic E-state index is 13.0. The summed E-state index contributed by atoms with van der Waals surface area (Å²) < 4.78 is 5.56. The predicted molar refractivity (Wildman–Crippen MR) is 123 cm³/mol. The first kappa shape index (κ1) is 23.3. The molecule has 1 atom stereocenters. The summed E-state index contributed by atoms with van der Waals surface area (Å²) in [6.45, 7) is 5.35. The number of benzene rings is 2. The van der Waals surface area contributed by atoms with Crippen LogP contribution in [-0.2, 0) is 9.59 Å². The zero-order valence-corrected chi connectivity index (χ0v) is 19.0. The Balaban J connectivity index is 2.09. The van der Waals surface area contributed by atoms with E-state index in [9.17, 15) is 19.8 Å². The van der Waals surface area contributed by atoms with Crippen LogP contribution in [0.25, 0.3) is 5.76 Å². The van der Waals surface area contributed by atoms with E-state index in [2.05, 4.69) is 0 Å². The molecule has 2 N–H and O–H groups in total. The van der Waals surface area contributed by atoms with Crippen molar-refractivity contribution < 1.29 is 24.5 Å². The number of likely N-dealkylation sites (tertiary alicyclic amines) is 1. The fourth-order valence-electron chi connectivity index (χ4n) is 3.98. The van der Waals surface area contributed by atoms with Crippen LogP contribution < -0.4 is 4.74 Å². The Morgan fingerprint density at radius 2 is 1.91 bits per heavy atom. The van der Waals surface area contributed by atoms with Gasteiger partial charge < -0.3 is 24.7 Å². The number of aliphatic hydroxyl groups excluding tert-OH is 1. The summed E-state index contributed by atoms with van der Waals surface area (Å²) in [5.41, 5.74) is 1.83. The molecule has 32 heavy (non-hydrogen) atoms. The first-order chi connectivity index (χ1) is 15.2. The molecule has 7 heteroatoms. The number of amides is 1. The van der Waals surface area contributed by atoms with E-state index in [1.807, 2.05) is 32.8 Å². The van der Waals surface area contributed by atoms with Crippen LogP contribution >= 0.6 is 0 Å². The number of aliphatic hydroxyl groups is 1. The third-order valence-electron chi connectivity index (χ3n) is 5.48. The maximum Gasteiger partial charge on any atom is 0.295 e. The van der Waals surface area contributed by atoms with Crippen molar-refractivity contribution >= 4 is 17.4 Å². The van der Waals surface area contributed by atoms with Crippen LogP contribution in [0.3, 0.4) is 0 Å². The number of phenols is 1. The minimum absolute atomic E-state index is 0.0222. The minimum atomic E-state index is -0.781. The fraction of sp³-hybridized carbons (Fsp3) is 0.360. The van der Waals surface area contributed by atoms with E-state index >= 15 is 0 Å². The molecule has 170 valence electrons. The van der Waals surface area contributed by atoms with Crippen molar-refractivity contribution in [3.05, 3.63) is 64.7 Å². The highest BCUT2D eigenvalue weighted by atomic mass is 16.5. The molecule has 1 aliphatic rings. The summed E-state index contributed by atoms with van der Waals surface area (Å²) in [5, 5.41) is 21.2. The quantitative estimate of drug-likeness (QED) is 0.373. The van der Waals surface area contributed by atoms with Gasteiger partial charge in [-0.3, -0.25) is 9.59 Å². The normalized spacial score (nSPS) is 17.9. The number of Topliss-reactive ketones (excluding diaryl/α,β-unsaturated/α-hetero) is 1. The average molecular weight is 439 g/mol. The molecule has 0 aliphatic carbocycles. The van der Waals surface area contributed by atoms with Crippen LogP contribution in [0, 0.1) is 6.92 Å². The van der Waals surface area contributed by atoms with Crippen LogP contribution in [0.1, 0.15) is 36.1 Å². The predicted octanol–water partition coefficient (Wildman–Crippen LogP) is 3.47. The molecule has 1 unspecified atom stereocenters. The van der Waals surface area contributed by atoms with Gasteiger partial charge in [0.25, 0.3) is 11.7 Å². The number of ether oxygens (including phenoxy) is 1. The van der Waals surface area contributed by atoms with E-state index in [0.717, 1.165) is 12.1 Å². The van der Waals surface area contributed by atoms with E-state index in [4.69, 9.17) is 4.74 Å². The van der Waals surface area contributed by atoms with Crippen molar-refractivity contribution in [2.75, 3.05) is 33.8 Å². The number of hydrogen-bond donors (Lipinski definition) is 2. The van der Waals surface area contributed by atoms with Gasteiger partial charge in [-0.1, -0.05) is 12.1 Å². The molecule has 1 fully saturated rings. The van der Waals surface area contributed by atoms with Crippen molar-refractivity contribution in [1.29, 1.82) is 0 Å². The Hall–Kier alpha value is -3.32. The van der Waals surface area contributed by atoms with Gasteiger partial charge in [0.15, 0.2) is 0 Å². The molecule has 0 aromatic heterocycles. The topological polar surface area (TPSA) is 90.3 Å². The number of phenolic OH excluding ortho intramolecular Hbond substituents is 1. The third-order valence-corrected chi connectivity index (χ3v) is 5.48. The molecule has 2 aromatic rings. The van der Waals surface area contributed by atoms with Crippen molar-refractivity contribution in [3.63, 3.8) is 0 Å². The summed E-state index contributed by atoms with van der Waals surface area (Å²) in [6, 6.07) is 10.8. The molecular formula is C25H30N2O5. The number of rotatable bonds is 8. The smallest absolute Gasteiger partial charge is 0.295 e. The molecule has 0 radical (unpaired) electrons. The molecule has 0 saturated carbocycles. The van der Waals surface area contributed by atoms with Gasteiger partial charge in [0, 0.05) is 12.1 Å². The van der Waals surface area contributed by atoms with Crippen LogP contribution in [0.5, 0.6) is 11.5 Å². The van der Waals surface area contributed by atoms with Crippen LogP contribution in [0.4, 0.5) is 0 Å². The van der Waals surface area contributed by atoms with Gasteiger partial charge in [-0.05, 0) is 82.4 Å². The lowest BCUT2D eigenvalue weighted by molar-refractivity contribution is -0.139. The second kappa shape index (κ2) is 9.87. The summed E-state index contributed by atoms with van der Waals surface area (Å²) in [7, 11) is 3.88. The standard InChI is InChI=1S/C25H30N2O5/c1-5-32-20-11-10-18(14-16(20)2)23(29)21-22(17-8-6-9-19(28)15-17)27(25(31)24(21)30)13-7-12-26(3)4/h6,8-11,14-15,22,28-29H,5,7,12-13H2,1-4H3/b23-21-. The third kappa shape index (κ3) is 4.78. The van der Waals surface area contributed by atoms with E-state index in [1.54, 1.807) is 30.3 Å². The Kier molecular flexibility index (Phi) is 7.20. The summed E-state index contributed by atoms with van der Waals surface area (Å²) in [4.78, 5) is 29.5. The number of carbonyl (C=O) groups is 2. The van der Waals surface area contributed by atoms with Gasteiger partial charge >= 0.3 is 0 Å². The monoisotopic (exact) mass is 438 g/mol. The number of ketones is 1. The summed E-state index contributed by atoms with van der Waals surface area (Å²) in [6.07, 6.45) is 0.664. The van der Waals surface area contributed by atoms with Gasteiger partial charge in [0.1, 0.15) is 17.3 Å². The van der Waals surface area contributed by atoms with Gasteiger partial charge in [-0.25, -0.2) is 0 Å². The minimum Gasteiger partial charge on any atom is -0.508 e. The Labute approximate surface area is 188 Å². The second-order valence-electron chi connectivity index (χ2n) is 8.16. The van der Waals surface area contributed by atoms with Gasteiger partial charge in [0.2, 0.25) is 0 Å². The van der Waals surface area contributed by atoms with Gasteiger partial charge in [-0.2, -0.15) is 0 Å². The highest BCUT2D eigenvalue weighted by molar-refractivity contribution is 6.46. The highest BCUT2D eigenvalue weighted by Crippen LogP contribution is 2.40. The number of hydrogen-bond acceptors (Lipinski definition) is 6. The lowest BCUT2D eigenvalue weighted by Gasteiger charge is -2.26. The van der Waals surface area contributed by atoms with Gasteiger partial charge in [-0.15, -0.1) is 0 Å². The van der Waals surface area contributed by atoms with E-state index in [-0.39, 0.29) is 17.1 Å². The molecule has 1 amide bonds. The lowest BCUT2D eigenvalue weighted by Crippen LogP contribution is -2.32. The first-order valence-corrected chi connectivity index (χ1v) is 10.7. The Morgan fingerprint density at radius 1 is 1.16 bits per heavy atom. The van der Waals surface area contributed by atoms with Crippen LogP contribution in [-0.4, -0.2) is 65.5 Å². The molecule has 1 heterocycles. The van der Waals surface area contributed by atoms with Crippen molar-refractivity contribution in [2.45, 2.75) is 26.3 Å². The summed E-state index contributed by atoms with van der Waals surface area (Å²) in [5.74, 6) is -0.900. The fourth-order valence-corrected chi connectivity index (χ4v) is 3.98. The van der Waals surface area contributed by atoms with Crippen LogP contribution in [0.2, 0.25) is 0 Å². The van der Waals surface area contributed by atoms with Crippen LogP contribution in [0.15, 0.2) is 48.0 Å². The number of carbonyl (C=O) groups excluding carboxylic acids is 2. The first-order valence-electron chi connectivity index (χ1n) is 10.7. The molecule has 2 aromatic carbocycles. The van der Waals surface area contributed by atoms with Gasteiger partial charge in [0.05, 0.1) is 18.2 Å². The summed E-state index contributed by atoms with van der Waals surface area (Å²) >= 11 is 0. The van der Waals surface area contributed by atoms with E-state index < -0.39 is 17.7 Å². The SMILES string of the molecule is CCOc1ccc(/C(O)=C2/C(=O)C(=O)N(CCCN(C)C)C2c2cccc(O)c2)cc1C. The highest BCUT2D eigenvalue weighted by Gasteiger charge is 2.45. The van der Waals surface area contributed by atoms with Crippen molar-refractivity contribution in [1.82, 2.24) is 9.80 Å². The zero-order chi connectivity index (χ0) is 23.4. The molecule has 0 bridgehead atoms. The maximum atomic E-state index is 13.0. The lowest BCUT2D eigenvalue weighted by atomic mass is 9.94. The van der Waals surface area contributed by atoms with E-state index in [1.165, 1.54) is 17.0 Å². The number of aryl methyl sites for hydroxylation is 1. The molecule has 7 nitrogen and oxygen atoms in total. The Morgan fingerprint density at radius 3 is 2.53 bits per heavy atom.